The van der Waals surface area contributed by atoms with Crippen LogP contribution in [0.15, 0.2) is 0 Å². The molecule has 0 spiro atoms. The smallest absolute Gasteiger partial charge is 0.259 e. The fraction of sp³-hybridized carbons (Fsp3) is 1.00. The molecule has 0 aromatic rings. The van der Waals surface area contributed by atoms with Crippen LogP contribution in [0.25, 0.3) is 0 Å². The van der Waals surface area contributed by atoms with Crippen LogP contribution in [-0.2, 0) is 10.8 Å². The Morgan fingerprint density at radius 1 is 0.923 bits per heavy atom. The second-order valence-corrected chi connectivity index (χ2v) is 4.21. The van der Waals surface area contributed by atoms with E-state index in [0.29, 0.717) is 6.26 Å². The summed E-state index contributed by atoms with van der Waals surface area (Å²) in [6.45, 7) is -0.122. The van der Waals surface area contributed by atoms with Crippen molar-refractivity contribution >= 4 is 10.8 Å². The largest absolute Gasteiger partial charge is 0.414 e. The topological polar surface area (TPSA) is 17.1 Å². The molecule has 0 aliphatic heterocycles. The van der Waals surface area contributed by atoms with Crippen molar-refractivity contribution in [2.75, 3.05) is 6.26 Å². The second kappa shape index (κ2) is 3.14. The van der Waals surface area contributed by atoms with Gasteiger partial charge in [0.25, 0.3) is 0 Å². The average molecular weight is 228 g/mol. The first kappa shape index (κ1) is 12.7. The summed E-state index contributed by atoms with van der Waals surface area (Å²) in [7, 11) is -3.06. The van der Waals surface area contributed by atoms with Crippen LogP contribution in [0.5, 0.6) is 0 Å². The molecule has 1 unspecified atom stereocenters. The molecule has 8 heteroatoms. The predicted octanol–water partition coefficient (Wildman–Crippen LogP) is 2.25. The van der Waals surface area contributed by atoms with Gasteiger partial charge in [0.2, 0.25) is 4.75 Å². The van der Waals surface area contributed by atoms with Gasteiger partial charge in [-0.25, -0.2) is 0 Å². The van der Waals surface area contributed by atoms with Gasteiger partial charge in [0, 0.05) is 17.1 Å². The average Bonchev–Trinajstić information content (AvgIpc) is 1.80. The number of alkyl halides is 6. The molecule has 13 heavy (non-hydrogen) atoms. The van der Waals surface area contributed by atoms with Gasteiger partial charge >= 0.3 is 12.4 Å². The lowest BCUT2D eigenvalue weighted by Crippen LogP contribution is -2.57. The number of halogens is 6. The maximum absolute atomic E-state index is 11.9. The summed E-state index contributed by atoms with van der Waals surface area (Å²) in [4.78, 5) is 0. The Morgan fingerprint density at radius 3 is 1.15 bits per heavy atom. The normalized spacial score (nSPS) is 17.2. The van der Waals surface area contributed by atoms with Crippen LogP contribution in [0.4, 0.5) is 26.3 Å². The molecule has 1 nitrogen and oxygen atoms in total. The Hall–Kier alpha value is -0.270. The van der Waals surface area contributed by atoms with E-state index in [1.807, 2.05) is 0 Å². The van der Waals surface area contributed by atoms with E-state index >= 15 is 0 Å². The molecule has 0 radical (unpaired) electrons. The Bertz CT molecular complexity index is 202. The van der Waals surface area contributed by atoms with Gasteiger partial charge in [-0.3, -0.25) is 4.21 Å². The first-order valence-corrected chi connectivity index (χ1v) is 4.47. The fourth-order valence-electron chi connectivity index (χ4n) is 0.487. The van der Waals surface area contributed by atoms with E-state index in [9.17, 15) is 30.6 Å². The van der Waals surface area contributed by atoms with Crippen LogP contribution >= 0.6 is 0 Å². The Labute approximate surface area is 72.6 Å². The van der Waals surface area contributed by atoms with Crippen LogP contribution in [0, 0.1) is 0 Å². The molecule has 0 bridgehead atoms. The van der Waals surface area contributed by atoms with Gasteiger partial charge < -0.3 is 0 Å². The van der Waals surface area contributed by atoms with Crippen molar-refractivity contribution < 1.29 is 30.6 Å². The summed E-state index contributed by atoms with van der Waals surface area (Å²) >= 11 is 0. The molecule has 0 aromatic heterocycles. The van der Waals surface area contributed by atoms with E-state index in [2.05, 4.69) is 0 Å². The Morgan fingerprint density at radius 2 is 1.15 bits per heavy atom. The highest BCUT2D eigenvalue weighted by atomic mass is 32.2. The first-order chi connectivity index (χ1) is 5.44. The van der Waals surface area contributed by atoms with Gasteiger partial charge in [-0.05, 0) is 6.92 Å². The van der Waals surface area contributed by atoms with Crippen LogP contribution < -0.4 is 0 Å². The zero-order chi connectivity index (χ0) is 11.1. The number of hydrogen-bond acceptors (Lipinski definition) is 1. The van der Waals surface area contributed by atoms with E-state index in [1.165, 1.54) is 0 Å². The Balaban J connectivity index is 5.35. The summed E-state index contributed by atoms with van der Waals surface area (Å²) in [5, 5.41) is 0. The monoisotopic (exact) mass is 228 g/mol. The van der Waals surface area contributed by atoms with Gasteiger partial charge in [-0.1, -0.05) is 0 Å². The zero-order valence-electron chi connectivity index (χ0n) is 6.58. The van der Waals surface area contributed by atoms with Crippen molar-refractivity contribution in [1.29, 1.82) is 0 Å². The summed E-state index contributed by atoms with van der Waals surface area (Å²) < 4.78 is 77.9. The van der Waals surface area contributed by atoms with Gasteiger partial charge in [0.15, 0.2) is 0 Å². The molecule has 0 heterocycles. The highest BCUT2D eigenvalue weighted by Gasteiger charge is 2.70. The summed E-state index contributed by atoms with van der Waals surface area (Å²) in [6.07, 6.45) is -10.8. The molecular weight excluding hydrogens is 222 g/mol. The lowest BCUT2D eigenvalue weighted by Gasteiger charge is -2.31. The standard InChI is InChI=1S/C5H6F6OS/c1-3(13(2)12,4(6,7)8)5(9,10)11/h1-2H3. The molecule has 0 fully saturated rings. The minimum atomic E-state index is -5.56. The number of rotatable bonds is 1. The quantitative estimate of drug-likeness (QED) is 0.629. The SMILES string of the molecule is CS(=O)C(C)(C(F)(F)F)C(F)(F)F. The van der Waals surface area contributed by atoms with Crippen molar-refractivity contribution in [2.24, 2.45) is 0 Å². The van der Waals surface area contributed by atoms with Crippen molar-refractivity contribution in [2.45, 2.75) is 24.0 Å². The number of hydrogen-bond donors (Lipinski definition) is 0. The maximum Gasteiger partial charge on any atom is 0.414 e. The molecule has 0 aliphatic carbocycles. The van der Waals surface area contributed by atoms with Crippen molar-refractivity contribution in [1.82, 2.24) is 0 Å². The fourth-order valence-corrected chi connectivity index (χ4v) is 1.14. The molecule has 80 valence electrons. The van der Waals surface area contributed by atoms with E-state index in [4.69, 9.17) is 0 Å². The molecule has 0 saturated heterocycles. The molecule has 0 saturated carbocycles. The van der Waals surface area contributed by atoms with Crippen molar-refractivity contribution in [3.63, 3.8) is 0 Å². The molecule has 1 atom stereocenters. The molecule has 0 N–H and O–H groups in total. The predicted molar refractivity (Wildman–Crippen MR) is 34.6 cm³/mol. The highest BCUT2D eigenvalue weighted by Crippen LogP contribution is 2.46. The van der Waals surface area contributed by atoms with Crippen LogP contribution in [0.3, 0.4) is 0 Å². The molecule has 0 aromatic carbocycles. The molecular formula is C5H6F6OS. The third kappa shape index (κ3) is 1.97. The minimum absolute atomic E-state index is 0.122. The lowest BCUT2D eigenvalue weighted by molar-refractivity contribution is -0.260. The summed E-state index contributed by atoms with van der Waals surface area (Å²) in [6, 6.07) is 0. The molecule has 0 amide bonds. The van der Waals surface area contributed by atoms with E-state index in [-0.39, 0.29) is 6.92 Å². The van der Waals surface area contributed by atoms with E-state index in [1.54, 1.807) is 0 Å². The molecule has 0 aliphatic rings. The molecule has 0 rings (SSSR count). The van der Waals surface area contributed by atoms with Crippen LogP contribution in [0.2, 0.25) is 0 Å². The van der Waals surface area contributed by atoms with E-state index in [0.717, 1.165) is 0 Å². The second-order valence-electron chi connectivity index (χ2n) is 2.48. The summed E-state index contributed by atoms with van der Waals surface area (Å²) in [5.74, 6) is 0. The summed E-state index contributed by atoms with van der Waals surface area (Å²) in [5.41, 5.74) is 0. The maximum atomic E-state index is 11.9. The first-order valence-electron chi connectivity index (χ1n) is 2.91. The van der Waals surface area contributed by atoms with Gasteiger partial charge in [-0.15, -0.1) is 0 Å². The van der Waals surface area contributed by atoms with Crippen LogP contribution in [-0.4, -0.2) is 27.6 Å². The third-order valence-corrected chi connectivity index (χ3v) is 3.27. The van der Waals surface area contributed by atoms with E-state index < -0.39 is 27.9 Å². The Kier molecular flexibility index (Phi) is 3.08. The van der Waals surface area contributed by atoms with Crippen molar-refractivity contribution in [3.8, 4) is 0 Å². The lowest BCUT2D eigenvalue weighted by atomic mass is 10.1. The minimum Gasteiger partial charge on any atom is -0.259 e. The van der Waals surface area contributed by atoms with Gasteiger partial charge in [0.1, 0.15) is 0 Å². The third-order valence-electron chi connectivity index (χ3n) is 1.66. The van der Waals surface area contributed by atoms with Gasteiger partial charge in [-0.2, -0.15) is 26.3 Å². The van der Waals surface area contributed by atoms with Crippen LogP contribution in [0.1, 0.15) is 6.92 Å². The van der Waals surface area contributed by atoms with Crippen molar-refractivity contribution in [3.05, 3.63) is 0 Å². The zero-order valence-corrected chi connectivity index (χ0v) is 7.40. The highest BCUT2D eigenvalue weighted by molar-refractivity contribution is 7.85. The van der Waals surface area contributed by atoms with Gasteiger partial charge in [0.05, 0.1) is 0 Å².